The molecule has 0 spiro atoms. The SMILES string of the molecule is Cc1c(C=N)cccc1C(=O)O. The number of aromatic carboxylic acids is 1. The van der Waals surface area contributed by atoms with Crippen molar-refractivity contribution in [3.8, 4) is 0 Å². The zero-order valence-electron chi connectivity index (χ0n) is 6.66. The highest BCUT2D eigenvalue weighted by molar-refractivity contribution is 5.93. The van der Waals surface area contributed by atoms with Gasteiger partial charge in [0, 0.05) is 6.21 Å². The third-order valence-electron chi connectivity index (χ3n) is 1.76. The van der Waals surface area contributed by atoms with E-state index in [1.54, 1.807) is 19.1 Å². The minimum absolute atomic E-state index is 0.260. The van der Waals surface area contributed by atoms with E-state index >= 15 is 0 Å². The molecule has 0 aliphatic heterocycles. The maximum atomic E-state index is 10.6. The first-order valence-electron chi connectivity index (χ1n) is 3.50. The standard InChI is InChI=1S/C9H9NO2/c1-6-7(5-10)3-2-4-8(6)9(11)12/h2-5,10H,1H3,(H,11,12). The summed E-state index contributed by atoms with van der Waals surface area (Å²) in [5.41, 5.74) is 1.55. The summed E-state index contributed by atoms with van der Waals surface area (Å²) in [4.78, 5) is 10.6. The Bertz CT molecular complexity index is 331. The fourth-order valence-corrected chi connectivity index (χ4v) is 1.04. The van der Waals surface area contributed by atoms with E-state index in [9.17, 15) is 4.79 Å². The molecular formula is C9H9NO2. The van der Waals surface area contributed by atoms with E-state index in [1.807, 2.05) is 0 Å². The zero-order valence-corrected chi connectivity index (χ0v) is 6.66. The van der Waals surface area contributed by atoms with Crippen LogP contribution in [0.1, 0.15) is 21.5 Å². The fourth-order valence-electron chi connectivity index (χ4n) is 1.04. The lowest BCUT2D eigenvalue weighted by atomic mass is 10.0. The van der Waals surface area contributed by atoms with Gasteiger partial charge in [0.05, 0.1) is 5.56 Å². The molecule has 0 saturated carbocycles. The third kappa shape index (κ3) is 1.34. The summed E-state index contributed by atoms with van der Waals surface area (Å²) in [6.07, 6.45) is 1.15. The summed E-state index contributed by atoms with van der Waals surface area (Å²) < 4.78 is 0. The number of benzene rings is 1. The minimum Gasteiger partial charge on any atom is -0.478 e. The van der Waals surface area contributed by atoms with E-state index in [2.05, 4.69) is 0 Å². The second-order valence-electron chi connectivity index (χ2n) is 2.47. The van der Waals surface area contributed by atoms with Crippen LogP contribution in [-0.2, 0) is 0 Å². The average Bonchev–Trinajstić information content (AvgIpc) is 2.04. The smallest absolute Gasteiger partial charge is 0.335 e. The van der Waals surface area contributed by atoms with Gasteiger partial charge in [-0.05, 0) is 24.1 Å². The van der Waals surface area contributed by atoms with Crippen LogP contribution in [0, 0.1) is 12.3 Å². The summed E-state index contributed by atoms with van der Waals surface area (Å²) in [5.74, 6) is -0.948. The van der Waals surface area contributed by atoms with Crippen molar-refractivity contribution >= 4 is 12.2 Å². The lowest BCUT2D eigenvalue weighted by Gasteiger charge is -2.02. The maximum Gasteiger partial charge on any atom is 0.335 e. The van der Waals surface area contributed by atoms with Crippen LogP contribution in [-0.4, -0.2) is 17.3 Å². The Hall–Kier alpha value is -1.64. The van der Waals surface area contributed by atoms with Gasteiger partial charge in [0.2, 0.25) is 0 Å². The van der Waals surface area contributed by atoms with Crippen LogP contribution in [0.5, 0.6) is 0 Å². The lowest BCUT2D eigenvalue weighted by molar-refractivity contribution is 0.0696. The quantitative estimate of drug-likeness (QED) is 0.651. The highest BCUT2D eigenvalue weighted by Gasteiger charge is 2.07. The number of carboxylic acid groups (broad SMARTS) is 1. The Kier molecular flexibility index (Phi) is 2.24. The van der Waals surface area contributed by atoms with E-state index in [1.165, 1.54) is 6.07 Å². The fraction of sp³-hybridized carbons (Fsp3) is 0.111. The van der Waals surface area contributed by atoms with Gasteiger partial charge in [-0.3, -0.25) is 0 Å². The molecule has 0 bridgehead atoms. The van der Waals surface area contributed by atoms with Gasteiger partial charge in [-0.25, -0.2) is 4.79 Å². The van der Waals surface area contributed by atoms with Crippen LogP contribution in [0.3, 0.4) is 0 Å². The molecule has 0 aromatic heterocycles. The van der Waals surface area contributed by atoms with Gasteiger partial charge < -0.3 is 10.5 Å². The van der Waals surface area contributed by atoms with Gasteiger partial charge in [-0.1, -0.05) is 12.1 Å². The predicted molar refractivity (Wildman–Crippen MR) is 46.0 cm³/mol. The Balaban J connectivity index is 3.32. The van der Waals surface area contributed by atoms with Crippen LogP contribution in [0.2, 0.25) is 0 Å². The summed E-state index contributed by atoms with van der Waals surface area (Å²) in [7, 11) is 0. The maximum absolute atomic E-state index is 10.6. The molecule has 0 amide bonds. The third-order valence-corrected chi connectivity index (χ3v) is 1.76. The van der Waals surface area contributed by atoms with Crippen LogP contribution >= 0.6 is 0 Å². The van der Waals surface area contributed by atoms with Gasteiger partial charge in [-0.15, -0.1) is 0 Å². The van der Waals surface area contributed by atoms with E-state index in [0.717, 1.165) is 6.21 Å². The summed E-state index contributed by atoms with van der Waals surface area (Å²) in [6, 6.07) is 4.89. The molecule has 2 N–H and O–H groups in total. The number of hydrogen-bond donors (Lipinski definition) is 2. The molecule has 3 heteroatoms. The minimum atomic E-state index is -0.948. The number of hydrogen-bond acceptors (Lipinski definition) is 2. The van der Waals surface area contributed by atoms with Crippen molar-refractivity contribution in [2.45, 2.75) is 6.92 Å². The molecule has 3 nitrogen and oxygen atoms in total. The van der Waals surface area contributed by atoms with Gasteiger partial charge in [-0.2, -0.15) is 0 Å². The van der Waals surface area contributed by atoms with Crippen LogP contribution < -0.4 is 0 Å². The molecule has 1 rings (SSSR count). The molecule has 62 valence electrons. The first-order valence-corrected chi connectivity index (χ1v) is 3.50. The highest BCUT2D eigenvalue weighted by atomic mass is 16.4. The monoisotopic (exact) mass is 163 g/mol. The van der Waals surface area contributed by atoms with Crippen LogP contribution in [0.15, 0.2) is 18.2 Å². The Labute approximate surface area is 70.2 Å². The van der Waals surface area contributed by atoms with Gasteiger partial charge >= 0.3 is 5.97 Å². The summed E-state index contributed by atoms with van der Waals surface area (Å²) in [5, 5.41) is 15.7. The van der Waals surface area contributed by atoms with Gasteiger partial charge in [0.1, 0.15) is 0 Å². The molecule has 0 radical (unpaired) electrons. The molecule has 0 fully saturated rings. The first kappa shape index (κ1) is 8.46. The molecule has 0 aliphatic rings. The topological polar surface area (TPSA) is 61.2 Å². The number of carbonyl (C=O) groups is 1. The van der Waals surface area contributed by atoms with Crippen molar-refractivity contribution in [1.29, 1.82) is 5.41 Å². The van der Waals surface area contributed by atoms with Crippen molar-refractivity contribution < 1.29 is 9.90 Å². The second-order valence-corrected chi connectivity index (χ2v) is 2.47. The average molecular weight is 163 g/mol. The van der Waals surface area contributed by atoms with Gasteiger partial charge in [0.15, 0.2) is 0 Å². The molecule has 0 unspecified atom stereocenters. The van der Waals surface area contributed by atoms with Crippen molar-refractivity contribution in [1.82, 2.24) is 0 Å². The summed E-state index contributed by atoms with van der Waals surface area (Å²) >= 11 is 0. The largest absolute Gasteiger partial charge is 0.478 e. The Morgan fingerprint density at radius 2 is 2.25 bits per heavy atom. The first-order chi connectivity index (χ1) is 5.66. The van der Waals surface area contributed by atoms with Crippen molar-refractivity contribution in [2.75, 3.05) is 0 Å². The predicted octanol–water partition coefficient (Wildman–Crippen LogP) is 1.69. The van der Waals surface area contributed by atoms with E-state index in [0.29, 0.717) is 11.1 Å². The Morgan fingerprint density at radius 1 is 1.58 bits per heavy atom. The summed E-state index contributed by atoms with van der Waals surface area (Å²) in [6.45, 7) is 1.70. The second kappa shape index (κ2) is 3.17. The molecule has 1 aromatic rings. The van der Waals surface area contributed by atoms with Crippen LogP contribution in [0.25, 0.3) is 0 Å². The highest BCUT2D eigenvalue weighted by Crippen LogP contribution is 2.11. The van der Waals surface area contributed by atoms with Crippen molar-refractivity contribution in [2.24, 2.45) is 0 Å². The molecule has 0 saturated heterocycles. The van der Waals surface area contributed by atoms with Crippen molar-refractivity contribution in [3.63, 3.8) is 0 Å². The number of rotatable bonds is 2. The normalized spacial score (nSPS) is 9.42. The Morgan fingerprint density at radius 3 is 2.75 bits per heavy atom. The number of carboxylic acids is 1. The molecule has 0 atom stereocenters. The van der Waals surface area contributed by atoms with E-state index in [-0.39, 0.29) is 5.56 Å². The molecule has 1 aromatic carbocycles. The molecule has 0 heterocycles. The zero-order chi connectivity index (χ0) is 9.14. The number of nitrogens with one attached hydrogen (secondary N) is 1. The lowest BCUT2D eigenvalue weighted by Crippen LogP contribution is -2.01. The van der Waals surface area contributed by atoms with Gasteiger partial charge in [0.25, 0.3) is 0 Å². The molecule has 12 heavy (non-hydrogen) atoms. The molecular weight excluding hydrogens is 154 g/mol. The van der Waals surface area contributed by atoms with Crippen LogP contribution in [0.4, 0.5) is 0 Å². The van der Waals surface area contributed by atoms with E-state index < -0.39 is 5.97 Å². The molecule has 0 aliphatic carbocycles. The van der Waals surface area contributed by atoms with E-state index in [4.69, 9.17) is 10.5 Å². The van der Waals surface area contributed by atoms with Crippen molar-refractivity contribution in [3.05, 3.63) is 34.9 Å².